The Kier molecular flexibility index (Phi) is 3.31. The molecule has 0 aliphatic carbocycles. The van der Waals surface area contributed by atoms with E-state index in [-0.39, 0.29) is 0 Å². The lowest BCUT2D eigenvalue weighted by molar-refractivity contribution is 0.748. The van der Waals surface area contributed by atoms with Crippen molar-refractivity contribution < 1.29 is 0 Å². The lowest BCUT2D eigenvalue weighted by Crippen LogP contribution is -2.01. The van der Waals surface area contributed by atoms with Gasteiger partial charge in [0.25, 0.3) is 0 Å². The Hall–Kier alpha value is -3.06. The maximum atomic E-state index is 2.46. The number of nitrogens with zero attached hydrogens (tertiary/aromatic N) is 1. The van der Waals surface area contributed by atoms with Crippen molar-refractivity contribution in [2.45, 2.75) is 13.0 Å². The van der Waals surface area contributed by atoms with Gasteiger partial charge < -0.3 is 4.57 Å². The number of aryl methyl sites for hydroxylation is 2. The lowest BCUT2D eigenvalue weighted by atomic mass is 10.0. The van der Waals surface area contributed by atoms with Gasteiger partial charge in [0, 0.05) is 28.4 Å². The van der Waals surface area contributed by atoms with Crippen molar-refractivity contribution in [3.8, 4) is 0 Å². The summed E-state index contributed by atoms with van der Waals surface area (Å²) in [5, 5.41) is 5.38. The zero-order valence-corrected chi connectivity index (χ0v) is 14.0. The van der Waals surface area contributed by atoms with Crippen LogP contribution in [0.3, 0.4) is 0 Å². The predicted octanol–water partition coefficient (Wildman–Crippen LogP) is 6.19. The van der Waals surface area contributed by atoms with Crippen molar-refractivity contribution in [1.29, 1.82) is 0 Å². The van der Waals surface area contributed by atoms with Gasteiger partial charge in [0.2, 0.25) is 0 Å². The Bertz CT molecular complexity index is 1140. The van der Waals surface area contributed by atoms with Gasteiger partial charge in [0.05, 0.1) is 0 Å². The molecule has 4 aromatic carbocycles. The minimum atomic E-state index is 0.988. The van der Waals surface area contributed by atoms with Crippen LogP contribution in [0.4, 0.5) is 0 Å². The summed E-state index contributed by atoms with van der Waals surface area (Å²) in [6, 6.07) is 32.7. The minimum absolute atomic E-state index is 0.988. The molecular weight excluding hydrogens is 302 g/mol. The normalized spacial score (nSPS) is 11.5. The molecule has 0 saturated heterocycles. The summed E-state index contributed by atoms with van der Waals surface area (Å²) in [4.78, 5) is 0. The van der Waals surface area contributed by atoms with Gasteiger partial charge in [-0.3, -0.25) is 0 Å². The van der Waals surface area contributed by atoms with Crippen molar-refractivity contribution in [3.05, 3.63) is 96.6 Å². The van der Waals surface area contributed by atoms with Gasteiger partial charge >= 0.3 is 0 Å². The molecule has 1 nitrogen and oxygen atoms in total. The number of hydrogen-bond donors (Lipinski definition) is 0. The standard InChI is InChI=1S/C24H19N/c1-2-11-20-18(8-1)9-7-10-19(20)16-17-25-23-14-5-3-12-21(23)22-13-4-6-15-24(22)25/h1-15H,16-17H2. The summed E-state index contributed by atoms with van der Waals surface area (Å²) in [5.74, 6) is 0. The van der Waals surface area contributed by atoms with Crippen molar-refractivity contribution >= 4 is 32.6 Å². The molecule has 5 rings (SSSR count). The second-order valence-corrected chi connectivity index (χ2v) is 6.57. The molecule has 0 spiro atoms. The van der Waals surface area contributed by atoms with E-state index in [0.29, 0.717) is 0 Å². The van der Waals surface area contributed by atoms with Crippen LogP contribution in [0.15, 0.2) is 91.0 Å². The zero-order chi connectivity index (χ0) is 16.6. The molecule has 0 saturated carbocycles. The first-order valence-electron chi connectivity index (χ1n) is 8.84. The van der Waals surface area contributed by atoms with Crippen LogP contribution >= 0.6 is 0 Å². The van der Waals surface area contributed by atoms with E-state index >= 15 is 0 Å². The quantitative estimate of drug-likeness (QED) is 0.373. The van der Waals surface area contributed by atoms with E-state index in [4.69, 9.17) is 0 Å². The van der Waals surface area contributed by atoms with Crippen LogP contribution in [-0.4, -0.2) is 4.57 Å². The molecule has 0 fully saturated rings. The van der Waals surface area contributed by atoms with E-state index in [9.17, 15) is 0 Å². The molecule has 1 heteroatoms. The van der Waals surface area contributed by atoms with E-state index in [1.54, 1.807) is 0 Å². The monoisotopic (exact) mass is 321 g/mol. The van der Waals surface area contributed by atoms with Crippen LogP contribution in [0.1, 0.15) is 5.56 Å². The minimum Gasteiger partial charge on any atom is -0.340 e. The molecule has 0 aliphatic rings. The van der Waals surface area contributed by atoms with Crippen molar-refractivity contribution in [1.82, 2.24) is 4.57 Å². The third-order valence-corrected chi connectivity index (χ3v) is 5.16. The van der Waals surface area contributed by atoms with Gasteiger partial charge in [-0.1, -0.05) is 78.9 Å². The zero-order valence-electron chi connectivity index (χ0n) is 14.0. The summed E-state index contributed by atoms with van der Waals surface area (Å²) in [6.45, 7) is 0.988. The van der Waals surface area contributed by atoms with Gasteiger partial charge in [-0.25, -0.2) is 0 Å². The Morgan fingerprint density at radius 3 is 1.80 bits per heavy atom. The van der Waals surface area contributed by atoms with E-state index in [1.165, 1.54) is 38.1 Å². The van der Waals surface area contributed by atoms with Crippen LogP contribution in [0.5, 0.6) is 0 Å². The Balaban J connectivity index is 1.62. The fraction of sp³-hybridized carbons (Fsp3) is 0.0833. The van der Waals surface area contributed by atoms with Crippen molar-refractivity contribution in [3.63, 3.8) is 0 Å². The van der Waals surface area contributed by atoms with Crippen molar-refractivity contribution in [2.75, 3.05) is 0 Å². The number of fused-ring (bicyclic) bond motifs is 4. The molecule has 0 N–H and O–H groups in total. The van der Waals surface area contributed by atoms with Gasteiger partial charge in [-0.05, 0) is 34.9 Å². The van der Waals surface area contributed by atoms with Crippen LogP contribution < -0.4 is 0 Å². The maximum Gasteiger partial charge on any atom is 0.0491 e. The topological polar surface area (TPSA) is 4.93 Å². The van der Waals surface area contributed by atoms with Crippen LogP contribution in [-0.2, 0) is 13.0 Å². The molecule has 0 aliphatic heterocycles. The molecule has 5 aromatic rings. The molecule has 0 radical (unpaired) electrons. The van der Waals surface area contributed by atoms with E-state index in [2.05, 4.69) is 95.6 Å². The van der Waals surface area contributed by atoms with Crippen LogP contribution in [0.2, 0.25) is 0 Å². The van der Waals surface area contributed by atoms with Gasteiger partial charge in [0.15, 0.2) is 0 Å². The Morgan fingerprint density at radius 1 is 0.520 bits per heavy atom. The highest BCUT2D eigenvalue weighted by Crippen LogP contribution is 2.29. The SMILES string of the molecule is c1ccc2c(CCn3c4ccccc4c4ccccc43)cccc2c1. The van der Waals surface area contributed by atoms with E-state index in [0.717, 1.165) is 13.0 Å². The van der Waals surface area contributed by atoms with Crippen molar-refractivity contribution in [2.24, 2.45) is 0 Å². The van der Waals surface area contributed by atoms with E-state index in [1.807, 2.05) is 0 Å². The second-order valence-electron chi connectivity index (χ2n) is 6.57. The molecule has 0 bridgehead atoms. The third-order valence-electron chi connectivity index (χ3n) is 5.16. The number of rotatable bonds is 3. The average Bonchev–Trinajstić information content (AvgIpc) is 3.00. The average molecular weight is 321 g/mol. The first-order valence-corrected chi connectivity index (χ1v) is 8.84. The first kappa shape index (κ1) is 14.3. The molecule has 0 amide bonds. The summed E-state index contributed by atoms with van der Waals surface area (Å²) < 4.78 is 2.46. The molecule has 25 heavy (non-hydrogen) atoms. The molecule has 0 atom stereocenters. The van der Waals surface area contributed by atoms with Gasteiger partial charge in [-0.2, -0.15) is 0 Å². The summed E-state index contributed by atoms with van der Waals surface area (Å²) in [5.41, 5.74) is 4.06. The molecular formula is C24H19N. The fourth-order valence-electron chi connectivity index (χ4n) is 3.99. The molecule has 1 aromatic heterocycles. The second kappa shape index (κ2) is 5.78. The Labute approximate surface area is 147 Å². The first-order chi connectivity index (χ1) is 12.4. The molecule has 120 valence electrons. The van der Waals surface area contributed by atoms with E-state index < -0.39 is 0 Å². The molecule has 0 unspecified atom stereocenters. The largest absolute Gasteiger partial charge is 0.340 e. The summed E-state index contributed by atoms with van der Waals surface area (Å²) >= 11 is 0. The number of benzene rings is 4. The predicted molar refractivity (Wildman–Crippen MR) is 107 cm³/mol. The number of para-hydroxylation sites is 2. The number of aromatic nitrogens is 1. The highest BCUT2D eigenvalue weighted by molar-refractivity contribution is 6.07. The number of hydrogen-bond acceptors (Lipinski definition) is 0. The fourth-order valence-corrected chi connectivity index (χ4v) is 3.99. The summed E-state index contributed by atoms with van der Waals surface area (Å²) in [7, 11) is 0. The third kappa shape index (κ3) is 2.32. The van der Waals surface area contributed by atoms with Crippen LogP contribution in [0.25, 0.3) is 32.6 Å². The lowest BCUT2D eigenvalue weighted by Gasteiger charge is -2.10. The highest BCUT2D eigenvalue weighted by Gasteiger charge is 2.10. The van der Waals surface area contributed by atoms with Gasteiger partial charge in [0.1, 0.15) is 0 Å². The summed E-state index contributed by atoms with van der Waals surface area (Å²) in [6.07, 6.45) is 1.03. The Morgan fingerprint density at radius 2 is 1.08 bits per heavy atom. The molecule has 1 heterocycles. The smallest absolute Gasteiger partial charge is 0.0491 e. The van der Waals surface area contributed by atoms with Crippen LogP contribution in [0, 0.1) is 0 Å². The van der Waals surface area contributed by atoms with Gasteiger partial charge in [-0.15, -0.1) is 0 Å². The highest BCUT2D eigenvalue weighted by atomic mass is 15.0. The maximum absolute atomic E-state index is 2.46.